The number of benzene rings is 1. The van der Waals surface area contributed by atoms with Crippen molar-refractivity contribution in [2.75, 3.05) is 18.4 Å². The first-order valence-electron chi connectivity index (χ1n) is 7.93. The lowest BCUT2D eigenvalue weighted by Gasteiger charge is -2.08. The van der Waals surface area contributed by atoms with Gasteiger partial charge in [-0.2, -0.15) is 4.72 Å². The van der Waals surface area contributed by atoms with Crippen molar-refractivity contribution in [2.45, 2.75) is 11.3 Å². The number of carbonyl (C=O) groups excluding carboxylic acids is 2. The number of nitrogens with one attached hydrogen (secondary N) is 3. The molecule has 1 aromatic carbocycles. The Morgan fingerprint density at radius 2 is 2.00 bits per heavy atom. The number of anilines is 1. The standard InChI is InChI=1S/C18H18N4O4S/c1-2-9-21-27(25,26)16-7-3-5-14(12-16)18(24)20-11-8-17(23)22-15-6-4-10-19-13-15/h1,3-7,10,12-13,21H,8-9,11H2,(H,20,24)(H,22,23). The van der Waals surface area contributed by atoms with Gasteiger partial charge in [0.2, 0.25) is 15.9 Å². The van der Waals surface area contributed by atoms with E-state index in [4.69, 9.17) is 6.42 Å². The maximum Gasteiger partial charge on any atom is 0.251 e. The first-order chi connectivity index (χ1) is 12.9. The Morgan fingerprint density at radius 1 is 1.19 bits per heavy atom. The first-order valence-corrected chi connectivity index (χ1v) is 9.42. The lowest BCUT2D eigenvalue weighted by molar-refractivity contribution is -0.116. The third-order valence-corrected chi connectivity index (χ3v) is 4.75. The van der Waals surface area contributed by atoms with Crippen LogP contribution in [0.1, 0.15) is 16.8 Å². The van der Waals surface area contributed by atoms with Gasteiger partial charge in [0.15, 0.2) is 0 Å². The molecule has 0 atom stereocenters. The van der Waals surface area contributed by atoms with Gasteiger partial charge in [-0.3, -0.25) is 14.6 Å². The second kappa shape index (κ2) is 9.47. The average molecular weight is 386 g/mol. The minimum atomic E-state index is -3.79. The van der Waals surface area contributed by atoms with E-state index in [1.165, 1.54) is 30.5 Å². The lowest BCUT2D eigenvalue weighted by atomic mass is 10.2. The molecule has 2 amide bonds. The molecule has 3 N–H and O–H groups in total. The van der Waals surface area contributed by atoms with Crippen LogP contribution in [0.15, 0.2) is 53.7 Å². The monoisotopic (exact) mass is 386 g/mol. The highest BCUT2D eigenvalue weighted by molar-refractivity contribution is 7.89. The van der Waals surface area contributed by atoms with Crippen molar-refractivity contribution in [1.29, 1.82) is 0 Å². The van der Waals surface area contributed by atoms with Crippen molar-refractivity contribution in [3.05, 3.63) is 54.4 Å². The molecular formula is C18H18N4O4S. The number of hydrogen-bond donors (Lipinski definition) is 3. The maximum absolute atomic E-state index is 12.2. The summed E-state index contributed by atoms with van der Waals surface area (Å²) in [5.74, 6) is 1.41. The Morgan fingerprint density at radius 3 is 2.70 bits per heavy atom. The molecule has 0 aliphatic rings. The van der Waals surface area contributed by atoms with E-state index in [0.29, 0.717) is 5.69 Å². The first kappa shape index (κ1) is 20.1. The number of rotatable bonds is 8. The zero-order valence-corrected chi connectivity index (χ0v) is 15.1. The number of aromatic nitrogens is 1. The van der Waals surface area contributed by atoms with E-state index in [2.05, 4.69) is 26.3 Å². The van der Waals surface area contributed by atoms with Crippen molar-refractivity contribution in [3.63, 3.8) is 0 Å². The van der Waals surface area contributed by atoms with Crippen LogP contribution in [0.5, 0.6) is 0 Å². The van der Waals surface area contributed by atoms with Gasteiger partial charge in [0.05, 0.1) is 23.3 Å². The molecule has 27 heavy (non-hydrogen) atoms. The molecule has 0 radical (unpaired) electrons. The summed E-state index contributed by atoms with van der Waals surface area (Å²) in [6.07, 6.45) is 8.20. The van der Waals surface area contributed by atoms with E-state index in [9.17, 15) is 18.0 Å². The largest absolute Gasteiger partial charge is 0.352 e. The molecule has 9 heteroatoms. The van der Waals surface area contributed by atoms with Crippen molar-refractivity contribution in [1.82, 2.24) is 15.0 Å². The van der Waals surface area contributed by atoms with Gasteiger partial charge in [0.1, 0.15) is 0 Å². The van der Waals surface area contributed by atoms with E-state index in [0.717, 1.165) is 0 Å². The molecule has 8 nitrogen and oxygen atoms in total. The molecule has 0 fully saturated rings. The predicted molar refractivity (Wildman–Crippen MR) is 100 cm³/mol. The molecule has 0 bridgehead atoms. The van der Waals surface area contributed by atoms with E-state index in [1.807, 2.05) is 0 Å². The maximum atomic E-state index is 12.2. The summed E-state index contributed by atoms with van der Waals surface area (Å²) in [5, 5.41) is 5.22. The molecule has 0 saturated carbocycles. The Balaban J connectivity index is 1.90. The molecule has 1 aromatic heterocycles. The van der Waals surface area contributed by atoms with Gasteiger partial charge >= 0.3 is 0 Å². The normalized spacial score (nSPS) is 10.6. The van der Waals surface area contributed by atoms with Crippen LogP contribution in [-0.4, -0.2) is 38.3 Å². The van der Waals surface area contributed by atoms with Crippen LogP contribution in [0.25, 0.3) is 0 Å². The van der Waals surface area contributed by atoms with Crippen LogP contribution in [-0.2, 0) is 14.8 Å². The summed E-state index contributed by atoms with van der Waals surface area (Å²) in [7, 11) is -3.79. The Bertz CT molecular complexity index is 953. The summed E-state index contributed by atoms with van der Waals surface area (Å²) < 4.78 is 26.3. The second-order valence-corrected chi connectivity index (χ2v) is 7.12. The Kier molecular flexibility index (Phi) is 7.05. The van der Waals surface area contributed by atoms with Crippen LogP contribution in [0.2, 0.25) is 0 Å². The summed E-state index contributed by atoms with van der Waals surface area (Å²) in [6, 6.07) is 8.92. The molecule has 0 aliphatic heterocycles. The smallest absolute Gasteiger partial charge is 0.251 e. The van der Waals surface area contributed by atoms with Gasteiger partial charge in [-0.25, -0.2) is 8.42 Å². The van der Waals surface area contributed by atoms with Gasteiger partial charge < -0.3 is 10.6 Å². The van der Waals surface area contributed by atoms with Crippen molar-refractivity contribution < 1.29 is 18.0 Å². The highest BCUT2D eigenvalue weighted by Gasteiger charge is 2.15. The molecule has 1 heterocycles. The molecule has 2 rings (SSSR count). The summed E-state index contributed by atoms with van der Waals surface area (Å²) in [5.41, 5.74) is 0.720. The van der Waals surface area contributed by atoms with Crippen molar-refractivity contribution >= 4 is 27.5 Å². The van der Waals surface area contributed by atoms with Crippen molar-refractivity contribution in [3.8, 4) is 12.3 Å². The third kappa shape index (κ3) is 6.22. The number of hydrogen-bond acceptors (Lipinski definition) is 5. The van der Waals surface area contributed by atoms with Crippen LogP contribution >= 0.6 is 0 Å². The summed E-state index contributed by atoms with van der Waals surface area (Å²) in [6.45, 7) is -0.0535. The molecule has 140 valence electrons. The van der Waals surface area contributed by atoms with Gasteiger partial charge in [-0.15, -0.1) is 6.42 Å². The molecule has 2 aromatic rings. The Labute approximate surface area is 157 Å². The SMILES string of the molecule is C#CCNS(=O)(=O)c1cccc(C(=O)NCCC(=O)Nc2cccnc2)c1. The highest BCUT2D eigenvalue weighted by atomic mass is 32.2. The van der Waals surface area contributed by atoms with E-state index in [-0.39, 0.29) is 35.9 Å². The molecule has 0 unspecified atom stereocenters. The fourth-order valence-electron chi connectivity index (χ4n) is 2.08. The zero-order chi connectivity index (χ0) is 19.7. The van der Waals surface area contributed by atoms with Crippen LogP contribution in [0, 0.1) is 12.3 Å². The fourth-order valence-corrected chi connectivity index (χ4v) is 3.06. The molecule has 0 spiro atoms. The third-order valence-electron chi connectivity index (χ3n) is 3.35. The van der Waals surface area contributed by atoms with Gasteiger partial charge in [0.25, 0.3) is 5.91 Å². The molecule has 0 aliphatic carbocycles. The summed E-state index contributed by atoms with van der Waals surface area (Å²) >= 11 is 0. The number of terminal acetylenes is 1. The minimum absolute atomic E-state index is 0.0579. The quantitative estimate of drug-likeness (QED) is 0.579. The second-order valence-electron chi connectivity index (χ2n) is 5.35. The van der Waals surface area contributed by atoms with Crippen LogP contribution in [0.3, 0.4) is 0 Å². The van der Waals surface area contributed by atoms with Gasteiger partial charge in [-0.1, -0.05) is 12.0 Å². The number of nitrogens with zero attached hydrogens (tertiary/aromatic N) is 1. The van der Waals surface area contributed by atoms with Crippen LogP contribution < -0.4 is 15.4 Å². The topological polar surface area (TPSA) is 117 Å². The number of pyridine rings is 1. The molecular weight excluding hydrogens is 368 g/mol. The van der Waals surface area contributed by atoms with Gasteiger partial charge in [-0.05, 0) is 30.3 Å². The van der Waals surface area contributed by atoms with E-state index >= 15 is 0 Å². The zero-order valence-electron chi connectivity index (χ0n) is 14.3. The lowest BCUT2D eigenvalue weighted by Crippen LogP contribution is -2.28. The summed E-state index contributed by atoms with van der Waals surface area (Å²) in [4.78, 5) is 27.8. The van der Waals surface area contributed by atoms with E-state index in [1.54, 1.807) is 18.3 Å². The average Bonchev–Trinajstić information content (AvgIpc) is 2.67. The minimum Gasteiger partial charge on any atom is -0.352 e. The number of carbonyl (C=O) groups is 2. The van der Waals surface area contributed by atoms with E-state index < -0.39 is 15.9 Å². The Hall–Kier alpha value is -3.22. The highest BCUT2D eigenvalue weighted by Crippen LogP contribution is 2.11. The predicted octanol–water partition coefficient (Wildman–Crippen LogP) is 0.752. The van der Waals surface area contributed by atoms with Gasteiger partial charge in [0, 0.05) is 24.7 Å². The van der Waals surface area contributed by atoms with Crippen LogP contribution in [0.4, 0.5) is 5.69 Å². The fraction of sp³-hybridized carbons (Fsp3) is 0.167. The number of sulfonamides is 1. The number of amides is 2. The molecule has 0 saturated heterocycles. The van der Waals surface area contributed by atoms with Crippen molar-refractivity contribution in [2.24, 2.45) is 0 Å².